The molecule has 3 aliphatic rings. The summed E-state index contributed by atoms with van der Waals surface area (Å²) in [6.07, 6.45) is 0.845. The largest absolute Gasteiger partial charge is 0.435 e. The van der Waals surface area contributed by atoms with Crippen LogP contribution in [-0.2, 0) is 17.4 Å². The van der Waals surface area contributed by atoms with Crippen LogP contribution in [0.25, 0.3) is 5.69 Å². The number of amides is 2. The van der Waals surface area contributed by atoms with Gasteiger partial charge in [-0.2, -0.15) is 18.3 Å². The van der Waals surface area contributed by atoms with E-state index in [1.807, 2.05) is 13.8 Å². The molecular formula is C29H37F3N6O3. The summed E-state index contributed by atoms with van der Waals surface area (Å²) in [7, 11) is 0. The van der Waals surface area contributed by atoms with Crippen molar-refractivity contribution >= 4 is 23.3 Å². The van der Waals surface area contributed by atoms with Gasteiger partial charge in [-0.05, 0) is 68.1 Å². The van der Waals surface area contributed by atoms with Gasteiger partial charge in [0.25, 0.3) is 5.91 Å². The fourth-order valence-electron chi connectivity index (χ4n) is 7.17. The molecule has 6 N–H and O–H groups in total. The number of hydrogen-bond donors (Lipinski definition) is 4. The van der Waals surface area contributed by atoms with Gasteiger partial charge in [0.1, 0.15) is 0 Å². The maximum atomic E-state index is 14.0. The Bertz CT molecular complexity index is 1380. The van der Waals surface area contributed by atoms with Crippen molar-refractivity contribution < 1.29 is 27.6 Å². The Hall–Kier alpha value is -3.41. The summed E-state index contributed by atoms with van der Waals surface area (Å²) in [6.45, 7) is 3.94. The second-order valence-corrected chi connectivity index (χ2v) is 12.6. The molecule has 1 aromatic heterocycles. The number of alkyl halides is 3. The van der Waals surface area contributed by atoms with Gasteiger partial charge in [0.15, 0.2) is 11.5 Å². The number of nitrogens with two attached hydrogens (primary N) is 2. The van der Waals surface area contributed by atoms with Gasteiger partial charge in [-0.15, -0.1) is 0 Å². The molecule has 5 rings (SSSR count). The van der Waals surface area contributed by atoms with Crippen LogP contribution in [0.1, 0.15) is 97.3 Å². The fraction of sp³-hybridized carbons (Fsp3) is 0.586. The molecule has 3 atom stereocenters. The first kappa shape index (κ1) is 29.1. The topological polar surface area (TPSA) is 145 Å². The maximum Gasteiger partial charge on any atom is 0.435 e. The minimum Gasteiger partial charge on any atom is -0.382 e. The zero-order valence-electron chi connectivity index (χ0n) is 23.4. The molecule has 222 valence electrons. The van der Waals surface area contributed by atoms with Gasteiger partial charge in [-0.25, -0.2) is 4.68 Å². The number of rotatable bonds is 7. The number of ketones is 1. The highest BCUT2D eigenvalue weighted by molar-refractivity contribution is 6.00. The number of nitrogens with one attached hydrogen (secondary N) is 2. The summed E-state index contributed by atoms with van der Waals surface area (Å²) in [6, 6.07) is 4.42. The van der Waals surface area contributed by atoms with Gasteiger partial charge in [-0.1, -0.05) is 20.3 Å². The Morgan fingerprint density at radius 2 is 1.93 bits per heavy atom. The number of benzene rings is 1. The molecule has 9 nitrogen and oxygen atoms in total. The van der Waals surface area contributed by atoms with Crippen LogP contribution in [0, 0.1) is 11.3 Å². The van der Waals surface area contributed by atoms with E-state index in [1.54, 1.807) is 6.07 Å². The average molecular weight is 575 g/mol. The molecule has 3 aliphatic carbocycles. The van der Waals surface area contributed by atoms with Gasteiger partial charge in [-0.3, -0.25) is 14.4 Å². The van der Waals surface area contributed by atoms with E-state index in [-0.39, 0.29) is 65.8 Å². The van der Waals surface area contributed by atoms with Crippen LogP contribution in [0.4, 0.5) is 18.9 Å². The van der Waals surface area contributed by atoms with Crippen molar-refractivity contribution in [2.75, 3.05) is 11.9 Å². The summed E-state index contributed by atoms with van der Waals surface area (Å²) < 4.78 is 43.1. The highest BCUT2D eigenvalue weighted by Gasteiger charge is 2.48. The number of carbonyl (C=O) groups excluding carboxylic acids is 3. The number of hydrogen-bond acceptors (Lipinski definition) is 6. The lowest BCUT2D eigenvalue weighted by molar-refractivity contribution is -0.141. The van der Waals surface area contributed by atoms with E-state index in [0.717, 1.165) is 32.1 Å². The molecule has 2 aromatic rings. The SMILES string of the molecule is CC1(C)CC(=O)c2c(C(F)(F)F)nn(-c3ccc(C(N)=O)c(NC4CCC5CCCC5(NC(=O)CCN)C4)c3)c2C1. The Labute approximate surface area is 236 Å². The van der Waals surface area contributed by atoms with E-state index >= 15 is 0 Å². The predicted molar refractivity (Wildman–Crippen MR) is 147 cm³/mol. The zero-order valence-corrected chi connectivity index (χ0v) is 23.4. The second kappa shape index (κ2) is 10.5. The van der Waals surface area contributed by atoms with Crippen LogP contribution in [-0.4, -0.2) is 45.5 Å². The van der Waals surface area contributed by atoms with Crippen LogP contribution in [0.5, 0.6) is 0 Å². The molecular weight excluding hydrogens is 537 g/mol. The van der Waals surface area contributed by atoms with Crippen molar-refractivity contribution in [1.29, 1.82) is 0 Å². The lowest BCUT2D eigenvalue weighted by atomic mass is 9.72. The first-order valence-electron chi connectivity index (χ1n) is 14.2. The third-order valence-corrected chi connectivity index (χ3v) is 8.88. The van der Waals surface area contributed by atoms with Crippen LogP contribution < -0.4 is 22.1 Å². The number of primary amides is 1. The summed E-state index contributed by atoms with van der Waals surface area (Å²) in [5, 5.41) is 10.5. The number of carbonyl (C=O) groups is 3. The molecule has 2 amide bonds. The van der Waals surface area contributed by atoms with Crippen LogP contribution in [0.2, 0.25) is 0 Å². The van der Waals surface area contributed by atoms with Crippen LogP contribution >= 0.6 is 0 Å². The minimum absolute atomic E-state index is 0.00552. The third kappa shape index (κ3) is 5.58. The number of aromatic nitrogens is 2. The van der Waals surface area contributed by atoms with E-state index < -0.39 is 29.0 Å². The quantitative estimate of drug-likeness (QED) is 0.392. The minimum atomic E-state index is -4.80. The highest BCUT2D eigenvalue weighted by atomic mass is 19.4. The molecule has 41 heavy (non-hydrogen) atoms. The van der Waals surface area contributed by atoms with E-state index in [2.05, 4.69) is 15.7 Å². The standard InChI is InChI=1S/C29H37F3N6O3/c1-27(2)14-21-24(22(39)15-27)25(29(30,31)32)37-38(21)18-7-8-19(26(34)41)20(12-18)35-17-6-5-16-4-3-10-28(16,13-17)36-23(40)9-11-33/h7-8,12,16-17,35H,3-6,9-11,13-15,33H2,1-2H3,(H2,34,41)(H,36,40). The van der Waals surface area contributed by atoms with E-state index in [9.17, 15) is 27.6 Å². The van der Waals surface area contributed by atoms with Gasteiger partial charge in [0.2, 0.25) is 5.91 Å². The first-order valence-corrected chi connectivity index (χ1v) is 14.2. The molecule has 0 saturated heterocycles. The average Bonchev–Trinajstić information content (AvgIpc) is 3.44. The van der Waals surface area contributed by atoms with E-state index in [4.69, 9.17) is 11.5 Å². The van der Waals surface area contributed by atoms with Crippen molar-refractivity contribution in [2.45, 2.75) is 89.4 Å². The summed E-state index contributed by atoms with van der Waals surface area (Å²) in [5.74, 6) is -1.01. The van der Waals surface area contributed by atoms with Crippen molar-refractivity contribution in [3.63, 3.8) is 0 Å². The second-order valence-electron chi connectivity index (χ2n) is 12.6. The molecule has 2 fully saturated rings. The zero-order chi connectivity index (χ0) is 29.7. The normalized spacial score (nSPS) is 25.4. The molecule has 0 spiro atoms. The van der Waals surface area contributed by atoms with Crippen molar-refractivity contribution in [1.82, 2.24) is 15.1 Å². The summed E-state index contributed by atoms with van der Waals surface area (Å²) >= 11 is 0. The van der Waals surface area contributed by atoms with Gasteiger partial charge < -0.3 is 22.1 Å². The maximum absolute atomic E-state index is 14.0. The monoisotopic (exact) mass is 574 g/mol. The summed E-state index contributed by atoms with van der Waals surface area (Å²) in [5.41, 5.74) is 9.82. The van der Waals surface area contributed by atoms with E-state index in [0.29, 0.717) is 18.0 Å². The third-order valence-electron chi connectivity index (χ3n) is 8.88. The first-order chi connectivity index (χ1) is 19.2. The molecule has 0 aliphatic heterocycles. The van der Waals surface area contributed by atoms with Gasteiger partial charge >= 0.3 is 6.18 Å². The molecule has 12 heteroatoms. The Balaban J connectivity index is 1.51. The number of halogens is 3. The smallest absolute Gasteiger partial charge is 0.382 e. The van der Waals surface area contributed by atoms with E-state index in [1.165, 1.54) is 16.8 Å². The van der Waals surface area contributed by atoms with Crippen molar-refractivity contribution in [3.8, 4) is 5.69 Å². The lowest BCUT2D eigenvalue weighted by Crippen LogP contribution is -2.56. The van der Waals surface area contributed by atoms with Gasteiger partial charge in [0.05, 0.1) is 22.5 Å². The lowest BCUT2D eigenvalue weighted by Gasteiger charge is -2.44. The molecule has 2 saturated carbocycles. The highest BCUT2D eigenvalue weighted by Crippen LogP contribution is 2.47. The van der Waals surface area contributed by atoms with Crippen LogP contribution in [0.3, 0.4) is 0 Å². The molecule has 1 heterocycles. The fourth-order valence-corrected chi connectivity index (χ4v) is 7.17. The number of anilines is 1. The molecule has 0 bridgehead atoms. The Kier molecular flexibility index (Phi) is 7.42. The van der Waals surface area contributed by atoms with Crippen molar-refractivity contribution in [2.24, 2.45) is 22.8 Å². The molecule has 1 aromatic carbocycles. The number of Topliss-reactive ketones (excluding diaryl/α,β-unsaturated/α-hetero) is 1. The van der Waals surface area contributed by atoms with Crippen molar-refractivity contribution in [3.05, 3.63) is 40.7 Å². The molecule has 3 unspecified atom stereocenters. The summed E-state index contributed by atoms with van der Waals surface area (Å²) in [4.78, 5) is 37.8. The molecule has 0 radical (unpaired) electrons. The van der Waals surface area contributed by atoms with Gasteiger partial charge in [0, 0.05) is 36.7 Å². The predicted octanol–water partition coefficient (Wildman–Crippen LogP) is 4.11. The number of nitrogens with zero attached hydrogens (tertiary/aromatic N) is 2. The van der Waals surface area contributed by atoms with Crippen LogP contribution in [0.15, 0.2) is 18.2 Å². The number of fused-ring (bicyclic) bond motifs is 2. The Morgan fingerprint density at radius 1 is 1.17 bits per heavy atom. The Morgan fingerprint density at radius 3 is 2.61 bits per heavy atom.